The summed E-state index contributed by atoms with van der Waals surface area (Å²) in [6.45, 7) is 3.09. The van der Waals surface area contributed by atoms with E-state index in [-0.39, 0.29) is 16.5 Å². The van der Waals surface area contributed by atoms with Gasteiger partial charge in [-0.2, -0.15) is 9.82 Å². The fraction of sp³-hybridized carbons (Fsp3) is 0.600. The lowest BCUT2D eigenvalue weighted by atomic mass is 9.98. The van der Waals surface area contributed by atoms with E-state index in [4.69, 9.17) is 11.6 Å². The average Bonchev–Trinajstić information content (AvgIpc) is 2.58. The summed E-state index contributed by atoms with van der Waals surface area (Å²) in [6, 6.07) is 0. The lowest BCUT2D eigenvalue weighted by Crippen LogP contribution is -2.52. The van der Waals surface area contributed by atoms with Crippen molar-refractivity contribution in [3.05, 3.63) is 11.2 Å². The molecule has 0 fully saturated rings. The highest BCUT2D eigenvalue weighted by molar-refractivity contribution is 7.89. The maximum atomic E-state index is 12.2. The first-order valence-electron chi connectivity index (χ1n) is 5.59. The van der Waals surface area contributed by atoms with Crippen LogP contribution in [0.1, 0.15) is 26.7 Å². The Hall–Kier alpha value is -1.12. The molecule has 0 aliphatic heterocycles. The highest BCUT2D eigenvalue weighted by Gasteiger charge is 2.38. The highest BCUT2D eigenvalue weighted by atomic mass is 35.5. The number of sulfonamides is 1. The van der Waals surface area contributed by atoms with Crippen LogP contribution in [0.4, 0.5) is 0 Å². The first-order chi connectivity index (χ1) is 8.64. The monoisotopic (exact) mass is 309 g/mol. The van der Waals surface area contributed by atoms with E-state index in [9.17, 15) is 18.3 Å². The molecule has 0 amide bonds. The van der Waals surface area contributed by atoms with Gasteiger partial charge in [-0.3, -0.25) is 9.48 Å². The van der Waals surface area contributed by atoms with E-state index in [0.29, 0.717) is 6.42 Å². The van der Waals surface area contributed by atoms with E-state index in [1.165, 1.54) is 20.2 Å². The van der Waals surface area contributed by atoms with E-state index < -0.39 is 21.5 Å². The molecular weight excluding hydrogens is 294 g/mol. The van der Waals surface area contributed by atoms with Crippen molar-refractivity contribution in [2.24, 2.45) is 7.05 Å². The number of hydrogen-bond donors (Lipinski definition) is 2. The number of carboxylic acids is 1. The molecule has 7 nitrogen and oxygen atoms in total. The summed E-state index contributed by atoms with van der Waals surface area (Å²) < 4.78 is 27.7. The first kappa shape index (κ1) is 15.9. The van der Waals surface area contributed by atoms with Gasteiger partial charge in [0, 0.05) is 7.05 Å². The highest BCUT2D eigenvalue weighted by Crippen LogP contribution is 2.23. The normalized spacial score (nSPS) is 15.2. The molecule has 1 heterocycles. The van der Waals surface area contributed by atoms with Crippen molar-refractivity contribution in [2.45, 2.75) is 37.3 Å². The predicted octanol–water partition coefficient (Wildman–Crippen LogP) is 0.995. The van der Waals surface area contributed by atoms with Gasteiger partial charge in [0.1, 0.15) is 5.54 Å². The van der Waals surface area contributed by atoms with Gasteiger partial charge < -0.3 is 5.11 Å². The number of aliphatic carboxylic acids is 1. The number of aromatic nitrogens is 2. The molecule has 1 aromatic rings. The second-order valence-electron chi connectivity index (χ2n) is 4.41. The van der Waals surface area contributed by atoms with E-state index >= 15 is 0 Å². The minimum atomic E-state index is -4.07. The molecule has 0 saturated heterocycles. The fourth-order valence-corrected chi connectivity index (χ4v) is 3.80. The third-order valence-electron chi connectivity index (χ3n) is 2.68. The minimum Gasteiger partial charge on any atom is -0.480 e. The molecule has 1 aromatic heterocycles. The molecule has 0 spiro atoms. The largest absolute Gasteiger partial charge is 0.480 e. The molecule has 2 N–H and O–H groups in total. The van der Waals surface area contributed by atoms with Crippen LogP contribution < -0.4 is 4.72 Å². The Labute approximate surface area is 116 Å². The van der Waals surface area contributed by atoms with Crippen molar-refractivity contribution in [3.63, 3.8) is 0 Å². The number of rotatable bonds is 6. The van der Waals surface area contributed by atoms with Gasteiger partial charge in [0.15, 0.2) is 5.03 Å². The van der Waals surface area contributed by atoms with Crippen molar-refractivity contribution in [1.82, 2.24) is 14.5 Å². The number of aryl methyl sites for hydroxylation is 1. The van der Waals surface area contributed by atoms with E-state index in [0.717, 1.165) is 4.68 Å². The molecule has 1 unspecified atom stereocenters. The SMILES string of the molecule is CCCC(C)(NS(=O)(=O)c1c(Cl)cnn1C)C(=O)O. The minimum absolute atomic E-state index is 0.0563. The van der Waals surface area contributed by atoms with Gasteiger partial charge in [-0.15, -0.1) is 0 Å². The fourth-order valence-electron chi connectivity index (χ4n) is 1.75. The van der Waals surface area contributed by atoms with Gasteiger partial charge in [-0.05, 0) is 13.3 Å². The zero-order chi connectivity index (χ0) is 14.8. The summed E-state index contributed by atoms with van der Waals surface area (Å²) in [5.74, 6) is -1.24. The Kier molecular flexibility index (Phi) is 4.59. The van der Waals surface area contributed by atoms with Crippen LogP contribution in [0.5, 0.6) is 0 Å². The van der Waals surface area contributed by atoms with Gasteiger partial charge >= 0.3 is 5.97 Å². The van der Waals surface area contributed by atoms with Crippen LogP contribution in [0.3, 0.4) is 0 Å². The molecule has 0 saturated carbocycles. The summed E-state index contributed by atoms with van der Waals surface area (Å²) in [6.07, 6.45) is 1.87. The van der Waals surface area contributed by atoms with Crippen LogP contribution >= 0.6 is 11.6 Å². The zero-order valence-electron chi connectivity index (χ0n) is 10.8. The Morgan fingerprint density at radius 3 is 2.58 bits per heavy atom. The molecule has 19 heavy (non-hydrogen) atoms. The Morgan fingerprint density at radius 2 is 2.21 bits per heavy atom. The Morgan fingerprint density at radius 1 is 1.63 bits per heavy atom. The summed E-state index contributed by atoms with van der Waals surface area (Å²) in [7, 11) is -2.65. The number of nitrogens with one attached hydrogen (secondary N) is 1. The molecule has 1 rings (SSSR count). The Bertz CT molecular complexity index is 564. The van der Waals surface area contributed by atoms with Crippen LogP contribution in [-0.4, -0.2) is 34.8 Å². The van der Waals surface area contributed by atoms with E-state index in [1.807, 2.05) is 0 Å². The standard InChI is InChI=1S/C10H16ClN3O4S/c1-4-5-10(2,9(15)16)13-19(17,18)8-7(11)6-12-14(8)3/h6,13H,4-5H2,1-3H3,(H,15,16). The smallest absolute Gasteiger partial charge is 0.324 e. The first-order valence-corrected chi connectivity index (χ1v) is 7.45. The van der Waals surface area contributed by atoms with Crippen molar-refractivity contribution in [2.75, 3.05) is 0 Å². The third-order valence-corrected chi connectivity index (χ3v) is 4.78. The molecule has 0 bridgehead atoms. The van der Waals surface area contributed by atoms with Gasteiger partial charge in [0.2, 0.25) is 0 Å². The molecule has 0 radical (unpaired) electrons. The van der Waals surface area contributed by atoms with Crippen molar-refractivity contribution >= 4 is 27.6 Å². The van der Waals surface area contributed by atoms with Crippen LogP contribution in [0.15, 0.2) is 11.2 Å². The van der Waals surface area contributed by atoms with Crippen LogP contribution in [0.25, 0.3) is 0 Å². The second-order valence-corrected chi connectivity index (χ2v) is 6.42. The lowest BCUT2D eigenvalue weighted by Gasteiger charge is -2.25. The number of hydrogen-bond acceptors (Lipinski definition) is 4. The lowest BCUT2D eigenvalue weighted by molar-refractivity contribution is -0.143. The van der Waals surface area contributed by atoms with Crippen LogP contribution in [0.2, 0.25) is 5.02 Å². The quantitative estimate of drug-likeness (QED) is 0.816. The van der Waals surface area contributed by atoms with Crippen LogP contribution in [0, 0.1) is 0 Å². The van der Waals surface area contributed by atoms with Gasteiger partial charge in [0.25, 0.3) is 10.0 Å². The summed E-state index contributed by atoms with van der Waals surface area (Å²) in [5, 5.41) is 12.6. The van der Waals surface area contributed by atoms with Crippen molar-refractivity contribution in [1.29, 1.82) is 0 Å². The molecule has 108 valence electrons. The van der Waals surface area contributed by atoms with Gasteiger partial charge in [-0.1, -0.05) is 24.9 Å². The number of halogens is 1. The number of carboxylic acid groups (broad SMARTS) is 1. The average molecular weight is 310 g/mol. The summed E-state index contributed by atoms with van der Waals surface area (Å²) in [5.41, 5.74) is -1.58. The maximum Gasteiger partial charge on any atom is 0.324 e. The molecule has 0 aliphatic carbocycles. The van der Waals surface area contributed by atoms with E-state index in [1.54, 1.807) is 6.92 Å². The maximum absolute atomic E-state index is 12.2. The molecule has 0 aliphatic rings. The molecular formula is C10H16ClN3O4S. The zero-order valence-corrected chi connectivity index (χ0v) is 12.4. The second kappa shape index (κ2) is 5.48. The number of carbonyl (C=O) groups is 1. The topological polar surface area (TPSA) is 101 Å². The molecule has 9 heteroatoms. The summed E-state index contributed by atoms with van der Waals surface area (Å²) >= 11 is 5.77. The van der Waals surface area contributed by atoms with Crippen LogP contribution in [-0.2, 0) is 21.9 Å². The predicted molar refractivity (Wildman–Crippen MR) is 69.5 cm³/mol. The van der Waals surface area contributed by atoms with Crippen molar-refractivity contribution in [3.8, 4) is 0 Å². The molecule has 0 aromatic carbocycles. The molecule has 1 atom stereocenters. The van der Waals surface area contributed by atoms with E-state index in [2.05, 4.69) is 9.82 Å². The third kappa shape index (κ3) is 3.26. The Balaban J connectivity index is 3.19. The van der Waals surface area contributed by atoms with Crippen molar-refractivity contribution < 1.29 is 18.3 Å². The van der Waals surface area contributed by atoms with Gasteiger partial charge in [-0.25, -0.2) is 8.42 Å². The van der Waals surface area contributed by atoms with Gasteiger partial charge in [0.05, 0.1) is 11.2 Å². The number of nitrogens with zero attached hydrogens (tertiary/aromatic N) is 2. The summed E-state index contributed by atoms with van der Waals surface area (Å²) in [4.78, 5) is 11.2.